The Morgan fingerprint density at radius 3 is 2.37 bits per heavy atom. The van der Waals surface area contributed by atoms with E-state index in [2.05, 4.69) is 0 Å². The summed E-state index contributed by atoms with van der Waals surface area (Å²) in [6.45, 7) is 4.56. The number of carbonyl (C=O) groups is 2. The first-order chi connectivity index (χ1) is 8.62. The Morgan fingerprint density at radius 1 is 1.37 bits per heavy atom. The molecule has 1 aromatic carbocycles. The number of nitrogen functional groups attached to an aromatic ring is 1. The number of carboxylic acid groups (broad SMARTS) is 1. The fourth-order valence-corrected chi connectivity index (χ4v) is 1.60. The van der Waals surface area contributed by atoms with E-state index in [4.69, 9.17) is 10.8 Å². The molecule has 1 aromatic rings. The smallest absolute Gasteiger partial charge is 0.323 e. The van der Waals surface area contributed by atoms with Crippen molar-refractivity contribution in [1.29, 1.82) is 0 Å². The lowest BCUT2D eigenvalue weighted by atomic mass is 10.0. The maximum Gasteiger partial charge on any atom is 0.323 e. The van der Waals surface area contributed by atoms with Gasteiger partial charge in [0.25, 0.3) is 5.91 Å². The molecule has 6 heteroatoms. The largest absolute Gasteiger partial charge is 0.480 e. The van der Waals surface area contributed by atoms with Gasteiger partial charge in [-0.15, -0.1) is 0 Å². The number of benzene rings is 1. The minimum atomic E-state index is -1.15. The lowest BCUT2D eigenvalue weighted by Crippen LogP contribution is -2.48. The van der Waals surface area contributed by atoms with Crippen molar-refractivity contribution in [2.45, 2.75) is 26.3 Å². The fraction of sp³-hybridized carbons (Fsp3) is 0.385. The number of anilines is 1. The molecule has 0 aliphatic carbocycles. The molecule has 5 nitrogen and oxygen atoms in total. The molecule has 0 aliphatic rings. The number of halogens is 1. The van der Waals surface area contributed by atoms with E-state index in [0.717, 1.165) is 11.0 Å². The quantitative estimate of drug-likeness (QED) is 0.818. The molecule has 0 bridgehead atoms. The molecule has 0 saturated carbocycles. The van der Waals surface area contributed by atoms with Crippen LogP contribution in [-0.4, -0.2) is 34.0 Å². The third-order valence-corrected chi connectivity index (χ3v) is 2.57. The number of carbonyl (C=O) groups excluding carboxylic acids is 1. The van der Waals surface area contributed by atoms with E-state index >= 15 is 0 Å². The van der Waals surface area contributed by atoms with Crippen LogP contribution in [0.3, 0.4) is 0 Å². The molecule has 0 fully saturated rings. The third-order valence-electron chi connectivity index (χ3n) is 2.57. The number of carboxylic acids is 1. The average molecular weight is 268 g/mol. The highest BCUT2D eigenvalue weighted by Crippen LogP contribution is 2.20. The Bertz CT molecular complexity index is 509. The number of hydrogen-bond donors (Lipinski definition) is 2. The molecular weight excluding hydrogens is 251 g/mol. The molecule has 0 atom stereocenters. The van der Waals surface area contributed by atoms with Gasteiger partial charge in [0.05, 0.1) is 5.56 Å². The van der Waals surface area contributed by atoms with Crippen LogP contribution in [0.25, 0.3) is 0 Å². The second-order valence-electron chi connectivity index (χ2n) is 5.20. The number of rotatable bonds is 3. The van der Waals surface area contributed by atoms with Gasteiger partial charge >= 0.3 is 5.97 Å². The highest BCUT2D eigenvalue weighted by atomic mass is 19.1. The lowest BCUT2D eigenvalue weighted by molar-refractivity contribution is -0.138. The zero-order valence-corrected chi connectivity index (χ0v) is 11.1. The first kappa shape index (κ1) is 14.9. The Labute approximate surface area is 110 Å². The van der Waals surface area contributed by atoms with E-state index in [1.807, 2.05) is 0 Å². The van der Waals surface area contributed by atoms with Gasteiger partial charge in [-0.1, -0.05) is 0 Å². The highest BCUT2D eigenvalue weighted by Gasteiger charge is 2.30. The Morgan fingerprint density at radius 2 is 1.95 bits per heavy atom. The van der Waals surface area contributed by atoms with Gasteiger partial charge in [-0.3, -0.25) is 9.59 Å². The minimum absolute atomic E-state index is 0.189. The number of amides is 1. The molecule has 0 unspecified atom stereocenters. The van der Waals surface area contributed by atoms with Crippen LogP contribution in [0.2, 0.25) is 0 Å². The van der Waals surface area contributed by atoms with Crippen molar-refractivity contribution in [1.82, 2.24) is 4.90 Å². The maximum absolute atomic E-state index is 13.7. The van der Waals surface area contributed by atoms with Crippen LogP contribution in [0.1, 0.15) is 31.1 Å². The summed E-state index contributed by atoms with van der Waals surface area (Å²) in [5, 5.41) is 8.85. The van der Waals surface area contributed by atoms with Gasteiger partial charge in [0.1, 0.15) is 12.4 Å². The van der Waals surface area contributed by atoms with Crippen molar-refractivity contribution in [3.05, 3.63) is 29.6 Å². The predicted octanol–water partition coefficient (Wildman–Crippen LogP) is 1.73. The van der Waals surface area contributed by atoms with Crippen LogP contribution in [-0.2, 0) is 4.79 Å². The van der Waals surface area contributed by atoms with Gasteiger partial charge in [0.15, 0.2) is 0 Å². The van der Waals surface area contributed by atoms with E-state index in [0.29, 0.717) is 0 Å². The van der Waals surface area contributed by atoms with Crippen molar-refractivity contribution >= 4 is 17.6 Å². The number of hydrogen-bond acceptors (Lipinski definition) is 3. The number of nitrogens with two attached hydrogens (primary N) is 1. The normalized spacial score (nSPS) is 11.2. The van der Waals surface area contributed by atoms with E-state index < -0.39 is 29.8 Å². The summed E-state index contributed by atoms with van der Waals surface area (Å²) in [6, 6.07) is 3.69. The van der Waals surface area contributed by atoms with Crippen molar-refractivity contribution in [2.75, 3.05) is 12.3 Å². The van der Waals surface area contributed by atoms with E-state index in [9.17, 15) is 14.0 Å². The maximum atomic E-state index is 13.7. The van der Waals surface area contributed by atoms with Crippen molar-refractivity contribution in [2.24, 2.45) is 0 Å². The summed E-state index contributed by atoms with van der Waals surface area (Å²) in [5.41, 5.74) is 4.69. The van der Waals surface area contributed by atoms with Gasteiger partial charge in [0, 0.05) is 11.2 Å². The van der Waals surface area contributed by atoms with Crippen LogP contribution in [0, 0.1) is 5.82 Å². The fourth-order valence-electron chi connectivity index (χ4n) is 1.60. The summed E-state index contributed by atoms with van der Waals surface area (Å²) >= 11 is 0. The zero-order valence-electron chi connectivity index (χ0n) is 11.1. The molecular formula is C13H17FN2O3. The van der Waals surface area contributed by atoms with Gasteiger partial charge in [0.2, 0.25) is 0 Å². The third kappa shape index (κ3) is 3.67. The van der Waals surface area contributed by atoms with Gasteiger partial charge in [-0.05, 0) is 39.0 Å². The topological polar surface area (TPSA) is 83.6 Å². The summed E-state index contributed by atoms with van der Waals surface area (Å²) < 4.78 is 13.7. The SMILES string of the molecule is CC(C)(C)N(CC(=O)O)C(=O)c1ccc(N)cc1F. The van der Waals surface area contributed by atoms with E-state index in [1.165, 1.54) is 12.1 Å². The molecule has 0 saturated heterocycles. The number of nitrogens with zero attached hydrogens (tertiary/aromatic N) is 1. The Hall–Kier alpha value is -2.11. The first-order valence-corrected chi connectivity index (χ1v) is 5.71. The summed E-state index contributed by atoms with van der Waals surface area (Å²) in [4.78, 5) is 24.2. The molecule has 0 spiro atoms. The first-order valence-electron chi connectivity index (χ1n) is 5.71. The average Bonchev–Trinajstić information content (AvgIpc) is 2.23. The molecule has 0 radical (unpaired) electrons. The molecule has 3 N–H and O–H groups in total. The Kier molecular flexibility index (Phi) is 4.14. The second-order valence-corrected chi connectivity index (χ2v) is 5.20. The van der Waals surface area contributed by atoms with E-state index in [1.54, 1.807) is 20.8 Å². The molecule has 0 aliphatic heterocycles. The molecule has 0 aromatic heterocycles. The van der Waals surface area contributed by atoms with Crippen LogP contribution >= 0.6 is 0 Å². The Balaban J connectivity index is 3.16. The lowest BCUT2D eigenvalue weighted by Gasteiger charge is -2.34. The summed E-state index contributed by atoms with van der Waals surface area (Å²) in [6.07, 6.45) is 0. The summed E-state index contributed by atoms with van der Waals surface area (Å²) in [7, 11) is 0. The van der Waals surface area contributed by atoms with E-state index in [-0.39, 0.29) is 11.3 Å². The second kappa shape index (κ2) is 5.26. The molecule has 1 rings (SSSR count). The number of aliphatic carboxylic acids is 1. The van der Waals surface area contributed by atoms with Gasteiger partial charge < -0.3 is 15.7 Å². The zero-order chi connectivity index (χ0) is 14.8. The standard InChI is InChI=1S/C13H17FN2O3/c1-13(2,3)16(7-11(17)18)12(19)9-5-4-8(15)6-10(9)14/h4-6H,7,15H2,1-3H3,(H,17,18). The molecule has 0 heterocycles. The minimum Gasteiger partial charge on any atom is -0.480 e. The van der Waals surface area contributed by atoms with Crippen molar-refractivity contribution < 1.29 is 19.1 Å². The predicted molar refractivity (Wildman–Crippen MR) is 69.2 cm³/mol. The molecule has 104 valence electrons. The van der Waals surface area contributed by atoms with Gasteiger partial charge in [-0.25, -0.2) is 4.39 Å². The summed E-state index contributed by atoms with van der Waals surface area (Å²) in [5.74, 6) is -2.59. The van der Waals surface area contributed by atoms with Crippen LogP contribution in [0.4, 0.5) is 10.1 Å². The van der Waals surface area contributed by atoms with Crippen molar-refractivity contribution in [3.8, 4) is 0 Å². The van der Waals surface area contributed by atoms with Crippen LogP contribution < -0.4 is 5.73 Å². The van der Waals surface area contributed by atoms with Crippen LogP contribution in [0.5, 0.6) is 0 Å². The monoisotopic (exact) mass is 268 g/mol. The van der Waals surface area contributed by atoms with Crippen molar-refractivity contribution in [3.63, 3.8) is 0 Å². The highest BCUT2D eigenvalue weighted by molar-refractivity contribution is 5.96. The van der Waals surface area contributed by atoms with Gasteiger partial charge in [-0.2, -0.15) is 0 Å². The van der Waals surface area contributed by atoms with Crippen LogP contribution in [0.15, 0.2) is 18.2 Å². The molecule has 19 heavy (non-hydrogen) atoms. The molecule has 1 amide bonds.